The van der Waals surface area contributed by atoms with Crippen molar-refractivity contribution in [2.24, 2.45) is 0 Å². The molecule has 0 aliphatic carbocycles. The number of nitrogens with zero attached hydrogens (tertiary/aromatic N) is 1. The van der Waals surface area contributed by atoms with Crippen LogP contribution in [0.3, 0.4) is 0 Å². The Bertz CT molecular complexity index is 1380. The van der Waals surface area contributed by atoms with Gasteiger partial charge in [0.2, 0.25) is 5.69 Å². The lowest BCUT2D eigenvalue weighted by molar-refractivity contribution is -0.686. The maximum atomic E-state index is 6.17. The summed E-state index contributed by atoms with van der Waals surface area (Å²) in [7, 11) is 6.70. The predicted molar refractivity (Wildman–Crippen MR) is 134 cm³/mol. The highest BCUT2D eigenvalue weighted by Crippen LogP contribution is 2.43. The molecule has 2 heterocycles. The molecule has 0 bridgehead atoms. The first-order valence-corrected chi connectivity index (χ1v) is 11.6. The Hall–Kier alpha value is -3.44. The number of ether oxygens (including phenoxy) is 4. The van der Waals surface area contributed by atoms with Crippen LogP contribution in [0.15, 0.2) is 54.7 Å². The molecule has 4 aromatic rings. The minimum atomic E-state index is 0.718. The summed E-state index contributed by atoms with van der Waals surface area (Å²) in [6, 6.07) is 16.3. The van der Waals surface area contributed by atoms with Crippen LogP contribution in [0.4, 0.5) is 0 Å². The van der Waals surface area contributed by atoms with E-state index in [4.69, 9.17) is 30.5 Å². The Balaban J connectivity index is 1.83. The molecule has 6 heteroatoms. The van der Waals surface area contributed by atoms with Crippen molar-refractivity contribution in [2.45, 2.75) is 19.4 Å². The van der Waals surface area contributed by atoms with E-state index >= 15 is 0 Å². The molecule has 0 saturated carbocycles. The fourth-order valence-electron chi connectivity index (χ4n) is 4.93. The van der Waals surface area contributed by atoms with Gasteiger partial charge >= 0.3 is 0 Å². The molecule has 0 saturated heterocycles. The third-order valence-corrected chi connectivity index (χ3v) is 6.80. The van der Waals surface area contributed by atoms with Crippen LogP contribution in [0.25, 0.3) is 22.0 Å². The molecule has 0 amide bonds. The van der Waals surface area contributed by atoms with Crippen molar-refractivity contribution in [1.29, 1.82) is 0 Å². The van der Waals surface area contributed by atoms with Gasteiger partial charge in [0.05, 0.1) is 39.4 Å². The van der Waals surface area contributed by atoms with E-state index in [0.717, 1.165) is 63.7 Å². The number of hydrogen-bond acceptors (Lipinski definition) is 4. The maximum absolute atomic E-state index is 6.17. The van der Waals surface area contributed by atoms with Crippen molar-refractivity contribution in [2.75, 3.05) is 28.4 Å². The summed E-state index contributed by atoms with van der Waals surface area (Å²) in [5, 5.41) is 2.88. The largest absolute Gasteiger partial charge is 0.493 e. The van der Waals surface area contributed by atoms with Crippen molar-refractivity contribution in [1.82, 2.24) is 0 Å². The SMILES string of the molecule is COc1cc2c(cc1OC)-c1c(Cc3ccc(Cl)cc3)c3ccc(OC)c(OC)c3c[n+]1CC2. The van der Waals surface area contributed by atoms with E-state index < -0.39 is 0 Å². The number of aromatic nitrogens is 1. The average Bonchev–Trinajstić information content (AvgIpc) is 2.87. The van der Waals surface area contributed by atoms with Crippen molar-refractivity contribution in [3.63, 3.8) is 0 Å². The second kappa shape index (κ2) is 9.07. The topological polar surface area (TPSA) is 40.8 Å². The quantitative estimate of drug-likeness (QED) is 0.338. The summed E-state index contributed by atoms with van der Waals surface area (Å²) < 4.78 is 25.0. The standard InChI is InChI=1S/C28H27ClNO4/c1-31-24-10-9-20-22(13-17-5-7-19(29)8-6-17)27-21-15-26(33-3)25(32-2)14-18(21)11-12-30(27)16-23(20)28(24)34-4/h5-10,14-16H,11-13H2,1-4H3/q+1. The van der Waals surface area contributed by atoms with Crippen molar-refractivity contribution >= 4 is 22.4 Å². The van der Waals surface area contributed by atoms with Gasteiger partial charge in [0.25, 0.3) is 0 Å². The summed E-state index contributed by atoms with van der Waals surface area (Å²) in [6.45, 7) is 0.849. The van der Waals surface area contributed by atoms with Crippen LogP contribution in [0.5, 0.6) is 23.0 Å². The molecule has 0 fully saturated rings. The summed E-state index contributed by atoms with van der Waals surface area (Å²) in [5.41, 5.74) is 5.98. The molecule has 174 valence electrons. The molecule has 0 atom stereocenters. The fourth-order valence-corrected chi connectivity index (χ4v) is 5.06. The van der Waals surface area contributed by atoms with Crippen LogP contribution in [-0.4, -0.2) is 28.4 Å². The monoisotopic (exact) mass is 476 g/mol. The lowest BCUT2D eigenvalue weighted by Crippen LogP contribution is -2.41. The second-order valence-electron chi connectivity index (χ2n) is 8.33. The van der Waals surface area contributed by atoms with Crippen LogP contribution >= 0.6 is 11.6 Å². The molecule has 1 aliphatic rings. The molecule has 34 heavy (non-hydrogen) atoms. The molecule has 0 spiro atoms. The van der Waals surface area contributed by atoms with Gasteiger partial charge in [-0.3, -0.25) is 0 Å². The highest BCUT2D eigenvalue weighted by Gasteiger charge is 2.31. The van der Waals surface area contributed by atoms with Gasteiger partial charge in [-0.05, 0) is 47.5 Å². The molecule has 3 aromatic carbocycles. The Morgan fingerprint density at radius 2 is 1.50 bits per heavy atom. The summed E-state index contributed by atoms with van der Waals surface area (Å²) in [4.78, 5) is 0. The number of fused-ring (bicyclic) bond motifs is 4. The fraction of sp³-hybridized carbons (Fsp3) is 0.250. The molecule has 0 unspecified atom stereocenters. The van der Waals surface area contributed by atoms with Gasteiger partial charge in [0.15, 0.2) is 35.7 Å². The van der Waals surface area contributed by atoms with Crippen LogP contribution in [0.1, 0.15) is 16.7 Å². The third kappa shape index (κ3) is 3.70. The number of aryl methyl sites for hydroxylation is 2. The molecule has 1 aromatic heterocycles. The zero-order chi connectivity index (χ0) is 23.8. The van der Waals surface area contributed by atoms with Crippen LogP contribution in [0, 0.1) is 0 Å². The normalized spacial score (nSPS) is 12.1. The van der Waals surface area contributed by atoms with E-state index in [-0.39, 0.29) is 0 Å². The van der Waals surface area contributed by atoms with Gasteiger partial charge < -0.3 is 18.9 Å². The molecule has 0 N–H and O–H groups in total. The summed E-state index contributed by atoms with van der Waals surface area (Å²) in [6.07, 6.45) is 3.82. The highest BCUT2D eigenvalue weighted by atomic mass is 35.5. The van der Waals surface area contributed by atoms with E-state index in [1.54, 1.807) is 28.4 Å². The van der Waals surface area contributed by atoms with Gasteiger partial charge in [0.1, 0.15) is 0 Å². The highest BCUT2D eigenvalue weighted by molar-refractivity contribution is 6.30. The van der Waals surface area contributed by atoms with Gasteiger partial charge in [-0.25, -0.2) is 0 Å². The summed E-state index contributed by atoms with van der Waals surface area (Å²) in [5.74, 6) is 2.93. The van der Waals surface area contributed by atoms with Gasteiger partial charge in [-0.15, -0.1) is 0 Å². The molecular weight excluding hydrogens is 450 g/mol. The Kier molecular flexibility index (Phi) is 5.96. The maximum Gasteiger partial charge on any atom is 0.217 e. The van der Waals surface area contributed by atoms with Gasteiger partial charge in [-0.2, -0.15) is 4.57 Å². The lowest BCUT2D eigenvalue weighted by atomic mass is 9.88. The number of rotatable bonds is 6. The molecule has 0 radical (unpaired) electrons. The molecule has 5 nitrogen and oxygen atoms in total. The first-order chi connectivity index (χ1) is 16.6. The lowest BCUT2D eigenvalue weighted by Gasteiger charge is -2.22. The van der Waals surface area contributed by atoms with Gasteiger partial charge in [-0.1, -0.05) is 23.7 Å². The van der Waals surface area contributed by atoms with Gasteiger partial charge in [0, 0.05) is 28.8 Å². The van der Waals surface area contributed by atoms with E-state index in [2.05, 4.69) is 41.1 Å². The smallest absolute Gasteiger partial charge is 0.217 e. The third-order valence-electron chi connectivity index (χ3n) is 6.55. The Labute approximate surface area is 204 Å². The van der Waals surface area contributed by atoms with Crippen molar-refractivity contribution in [3.05, 3.63) is 76.4 Å². The van der Waals surface area contributed by atoms with E-state index in [1.165, 1.54) is 22.4 Å². The Morgan fingerprint density at radius 3 is 2.18 bits per heavy atom. The van der Waals surface area contributed by atoms with Crippen LogP contribution < -0.4 is 23.5 Å². The number of pyridine rings is 1. The molecule has 5 rings (SSSR count). The summed E-state index contributed by atoms with van der Waals surface area (Å²) >= 11 is 6.17. The second-order valence-corrected chi connectivity index (χ2v) is 8.77. The van der Waals surface area contributed by atoms with Crippen LogP contribution in [-0.2, 0) is 19.4 Å². The first kappa shape index (κ1) is 22.4. The van der Waals surface area contributed by atoms with Crippen LogP contribution in [0.2, 0.25) is 5.02 Å². The van der Waals surface area contributed by atoms with Crippen molar-refractivity contribution in [3.8, 4) is 34.3 Å². The zero-order valence-corrected chi connectivity index (χ0v) is 20.5. The minimum absolute atomic E-state index is 0.718. The minimum Gasteiger partial charge on any atom is -0.493 e. The van der Waals surface area contributed by atoms with E-state index in [1.807, 2.05) is 18.2 Å². The van der Waals surface area contributed by atoms with E-state index in [0.29, 0.717) is 0 Å². The number of benzene rings is 3. The van der Waals surface area contributed by atoms with Crippen molar-refractivity contribution < 1.29 is 23.5 Å². The molecular formula is C28H27ClNO4+. The molecule has 1 aliphatic heterocycles. The number of halogens is 1. The first-order valence-electron chi connectivity index (χ1n) is 11.2. The predicted octanol–water partition coefficient (Wildman–Crippen LogP) is 5.63. The Morgan fingerprint density at radius 1 is 0.794 bits per heavy atom. The van der Waals surface area contributed by atoms with E-state index in [9.17, 15) is 0 Å². The number of hydrogen-bond donors (Lipinski definition) is 0. The average molecular weight is 477 g/mol. The zero-order valence-electron chi connectivity index (χ0n) is 19.8. The number of methoxy groups -OCH3 is 4.